The number of aliphatic imine (C=N–C) groups is 1. The molecule has 0 radical (unpaired) electrons. The molecule has 1 atom stereocenters. The largest absolute Gasteiger partial charge is 0.396 e. The molecule has 3 N–H and O–H groups in total. The van der Waals surface area contributed by atoms with Gasteiger partial charge in [-0.15, -0.1) is 0 Å². The van der Waals surface area contributed by atoms with Crippen LogP contribution in [0.1, 0.15) is 24.1 Å². The Balaban J connectivity index is 1.93. The molecule has 6 heteroatoms. The van der Waals surface area contributed by atoms with Crippen LogP contribution in [-0.2, 0) is 6.54 Å². The van der Waals surface area contributed by atoms with E-state index in [-0.39, 0.29) is 12.5 Å². The van der Waals surface area contributed by atoms with Crippen molar-refractivity contribution in [2.24, 2.45) is 4.99 Å². The summed E-state index contributed by atoms with van der Waals surface area (Å²) >= 11 is 0. The number of hydrogen-bond donors (Lipinski definition) is 3. The molecule has 0 aliphatic heterocycles. The average Bonchev–Trinajstić information content (AvgIpc) is 3.07. The third kappa shape index (κ3) is 4.89. The Bertz CT molecular complexity index is 555. The Morgan fingerprint density at radius 3 is 2.73 bits per heavy atom. The molecule has 22 heavy (non-hydrogen) atoms. The number of guanidine groups is 1. The van der Waals surface area contributed by atoms with Gasteiger partial charge in [0.1, 0.15) is 12.0 Å². The van der Waals surface area contributed by atoms with Crippen molar-refractivity contribution >= 4 is 5.96 Å². The fourth-order valence-corrected chi connectivity index (χ4v) is 2.05. The van der Waals surface area contributed by atoms with Crippen LogP contribution in [-0.4, -0.2) is 35.9 Å². The van der Waals surface area contributed by atoms with Gasteiger partial charge in [-0.05, 0) is 12.5 Å². The molecule has 0 fully saturated rings. The number of benzene rings is 1. The molecule has 0 aliphatic rings. The fourth-order valence-electron chi connectivity index (χ4n) is 2.05. The van der Waals surface area contributed by atoms with Gasteiger partial charge in [-0.3, -0.25) is 0 Å². The van der Waals surface area contributed by atoms with Crippen molar-refractivity contribution in [2.45, 2.75) is 19.4 Å². The highest BCUT2D eigenvalue weighted by atomic mass is 16.5. The molecule has 0 amide bonds. The van der Waals surface area contributed by atoms with Gasteiger partial charge in [0.15, 0.2) is 5.96 Å². The van der Waals surface area contributed by atoms with Crippen LogP contribution in [0.5, 0.6) is 0 Å². The molecule has 0 bridgehead atoms. The highest BCUT2D eigenvalue weighted by molar-refractivity contribution is 5.79. The van der Waals surface area contributed by atoms with Gasteiger partial charge in [0.05, 0.1) is 13.2 Å². The standard InChI is InChI=1S/C16H22N4O2/c1-2-17-16(19-11-15-8-9-22-20-15)18-10-14(12-21)13-6-4-3-5-7-13/h3-9,14,21H,2,10-12H2,1H3,(H2,17,18,19). The van der Waals surface area contributed by atoms with Gasteiger partial charge >= 0.3 is 0 Å². The van der Waals surface area contributed by atoms with Crippen LogP contribution in [0.25, 0.3) is 0 Å². The summed E-state index contributed by atoms with van der Waals surface area (Å²) in [6, 6.07) is 11.7. The molecule has 0 aliphatic carbocycles. The summed E-state index contributed by atoms with van der Waals surface area (Å²) in [6.07, 6.45) is 1.53. The van der Waals surface area contributed by atoms with Crippen LogP contribution in [0, 0.1) is 0 Å². The maximum atomic E-state index is 9.58. The smallest absolute Gasteiger partial charge is 0.191 e. The van der Waals surface area contributed by atoms with Crippen molar-refractivity contribution in [1.29, 1.82) is 0 Å². The fraction of sp³-hybridized carbons (Fsp3) is 0.375. The second-order valence-electron chi connectivity index (χ2n) is 4.86. The summed E-state index contributed by atoms with van der Waals surface area (Å²) in [5.41, 5.74) is 1.88. The number of aromatic nitrogens is 1. The summed E-state index contributed by atoms with van der Waals surface area (Å²) < 4.78 is 4.79. The van der Waals surface area contributed by atoms with Crippen molar-refractivity contribution in [3.05, 3.63) is 53.9 Å². The third-order valence-corrected chi connectivity index (χ3v) is 3.24. The molecule has 1 heterocycles. The lowest BCUT2D eigenvalue weighted by Gasteiger charge is -2.17. The number of aliphatic hydroxyl groups is 1. The number of nitrogens with zero attached hydrogens (tertiary/aromatic N) is 2. The minimum absolute atomic E-state index is 0.0251. The van der Waals surface area contributed by atoms with E-state index in [1.807, 2.05) is 37.3 Å². The minimum atomic E-state index is 0.0251. The summed E-state index contributed by atoms with van der Waals surface area (Å²) in [5.74, 6) is 0.719. The molecule has 2 rings (SSSR count). The summed E-state index contributed by atoms with van der Waals surface area (Å²) in [4.78, 5) is 4.45. The number of hydrogen-bond acceptors (Lipinski definition) is 4. The summed E-state index contributed by atoms with van der Waals surface area (Å²) in [6.45, 7) is 3.90. The molecule has 1 aromatic heterocycles. The molecule has 1 unspecified atom stereocenters. The van der Waals surface area contributed by atoms with Gasteiger partial charge < -0.3 is 20.3 Å². The predicted molar refractivity (Wildman–Crippen MR) is 85.6 cm³/mol. The predicted octanol–water partition coefficient (Wildman–Crippen LogP) is 1.51. The lowest BCUT2D eigenvalue weighted by Crippen LogP contribution is -2.39. The molecule has 6 nitrogen and oxygen atoms in total. The maximum Gasteiger partial charge on any atom is 0.191 e. The average molecular weight is 302 g/mol. The van der Waals surface area contributed by atoms with E-state index in [1.165, 1.54) is 6.26 Å². The first-order valence-corrected chi connectivity index (χ1v) is 7.40. The zero-order valence-corrected chi connectivity index (χ0v) is 12.7. The van der Waals surface area contributed by atoms with Crippen molar-refractivity contribution in [3.63, 3.8) is 0 Å². The Labute approximate surface area is 130 Å². The molecule has 1 aromatic carbocycles. The lowest BCUT2D eigenvalue weighted by molar-refractivity contribution is 0.265. The topological polar surface area (TPSA) is 82.7 Å². The van der Waals surface area contributed by atoms with Gasteiger partial charge in [-0.1, -0.05) is 35.5 Å². The summed E-state index contributed by atoms with van der Waals surface area (Å²) in [5, 5.41) is 19.8. The first-order valence-electron chi connectivity index (χ1n) is 7.40. The van der Waals surface area contributed by atoms with Crippen molar-refractivity contribution in [3.8, 4) is 0 Å². The third-order valence-electron chi connectivity index (χ3n) is 3.24. The van der Waals surface area contributed by atoms with E-state index in [1.54, 1.807) is 6.07 Å². The van der Waals surface area contributed by atoms with E-state index < -0.39 is 0 Å². The number of rotatable bonds is 7. The summed E-state index contributed by atoms with van der Waals surface area (Å²) in [7, 11) is 0. The first kappa shape index (κ1) is 16.0. The van der Waals surface area contributed by atoms with E-state index >= 15 is 0 Å². The Morgan fingerprint density at radius 1 is 1.27 bits per heavy atom. The molecular formula is C16H22N4O2. The Kier molecular flexibility index (Phi) is 6.44. The van der Waals surface area contributed by atoms with Crippen molar-refractivity contribution < 1.29 is 9.63 Å². The molecule has 0 spiro atoms. The SMILES string of the molecule is CCNC(=NCc1ccon1)NCC(CO)c1ccccc1. The molecule has 2 aromatic rings. The molecule has 0 saturated carbocycles. The van der Waals surface area contributed by atoms with E-state index in [2.05, 4.69) is 20.8 Å². The Morgan fingerprint density at radius 2 is 2.09 bits per heavy atom. The monoisotopic (exact) mass is 302 g/mol. The van der Waals surface area contributed by atoms with Gasteiger partial charge in [-0.25, -0.2) is 4.99 Å². The first-order chi connectivity index (χ1) is 10.8. The van der Waals surface area contributed by atoms with Gasteiger partial charge in [0.2, 0.25) is 0 Å². The minimum Gasteiger partial charge on any atom is -0.396 e. The normalized spacial score (nSPS) is 12.9. The van der Waals surface area contributed by atoms with E-state index in [0.29, 0.717) is 19.0 Å². The highest BCUT2D eigenvalue weighted by Crippen LogP contribution is 2.13. The zero-order chi connectivity index (χ0) is 15.6. The van der Waals surface area contributed by atoms with E-state index in [9.17, 15) is 5.11 Å². The van der Waals surface area contributed by atoms with Crippen LogP contribution in [0.2, 0.25) is 0 Å². The van der Waals surface area contributed by atoms with Crippen LogP contribution >= 0.6 is 0 Å². The van der Waals surface area contributed by atoms with Crippen LogP contribution in [0.15, 0.2) is 52.2 Å². The zero-order valence-electron chi connectivity index (χ0n) is 12.7. The number of aliphatic hydroxyl groups excluding tert-OH is 1. The van der Waals surface area contributed by atoms with E-state index in [0.717, 1.165) is 17.8 Å². The van der Waals surface area contributed by atoms with Crippen molar-refractivity contribution in [1.82, 2.24) is 15.8 Å². The van der Waals surface area contributed by atoms with Gasteiger partial charge in [-0.2, -0.15) is 0 Å². The van der Waals surface area contributed by atoms with Crippen LogP contribution < -0.4 is 10.6 Å². The van der Waals surface area contributed by atoms with Crippen LogP contribution in [0.4, 0.5) is 0 Å². The lowest BCUT2D eigenvalue weighted by atomic mass is 10.0. The quantitative estimate of drug-likeness (QED) is 0.533. The van der Waals surface area contributed by atoms with Gasteiger partial charge in [0, 0.05) is 25.1 Å². The molecule has 0 saturated heterocycles. The van der Waals surface area contributed by atoms with Crippen LogP contribution in [0.3, 0.4) is 0 Å². The second kappa shape index (κ2) is 8.84. The molecular weight excluding hydrogens is 280 g/mol. The highest BCUT2D eigenvalue weighted by Gasteiger charge is 2.10. The van der Waals surface area contributed by atoms with Crippen molar-refractivity contribution in [2.75, 3.05) is 19.7 Å². The molecule has 118 valence electrons. The number of nitrogens with one attached hydrogen (secondary N) is 2. The second-order valence-corrected chi connectivity index (χ2v) is 4.86. The van der Waals surface area contributed by atoms with Gasteiger partial charge in [0.25, 0.3) is 0 Å². The van der Waals surface area contributed by atoms with E-state index in [4.69, 9.17) is 4.52 Å². The Hall–Kier alpha value is -2.34. The maximum absolute atomic E-state index is 9.58.